The number of hydrogen-bond acceptors (Lipinski definition) is 3. The van der Waals surface area contributed by atoms with Crippen LogP contribution < -0.4 is 4.74 Å². The van der Waals surface area contributed by atoms with Gasteiger partial charge in [0.05, 0.1) is 37.4 Å². The van der Waals surface area contributed by atoms with E-state index in [1.165, 1.54) is 29.7 Å². The van der Waals surface area contributed by atoms with Crippen molar-refractivity contribution in [3.63, 3.8) is 0 Å². The maximum absolute atomic E-state index is 6.03. The second kappa shape index (κ2) is 10.5. The van der Waals surface area contributed by atoms with E-state index in [4.69, 9.17) is 14.6 Å². The average molecular weight is 451 g/mol. The zero-order chi connectivity index (χ0) is 23.2. The van der Waals surface area contributed by atoms with E-state index in [1.807, 2.05) is 30.3 Å². The molecule has 4 aromatic rings. The van der Waals surface area contributed by atoms with Crippen molar-refractivity contribution in [1.29, 1.82) is 0 Å². The normalized spacial score (nSPS) is 13.5. The van der Waals surface area contributed by atoms with Crippen LogP contribution in [-0.2, 0) is 18.0 Å². The van der Waals surface area contributed by atoms with Crippen molar-refractivity contribution in [2.45, 2.75) is 38.9 Å². The fourth-order valence-corrected chi connectivity index (χ4v) is 4.50. The third kappa shape index (κ3) is 4.97. The van der Waals surface area contributed by atoms with Gasteiger partial charge in [0.15, 0.2) is 0 Å². The topological polar surface area (TPSA) is 36.3 Å². The molecule has 0 unspecified atom stereocenters. The monoisotopic (exact) mass is 450 g/mol. The predicted octanol–water partition coefficient (Wildman–Crippen LogP) is 7.22. The molecule has 1 aliphatic carbocycles. The molecule has 0 fully saturated rings. The van der Waals surface area contributed by atoms with Crippen LogP contribution in [0.3, 0.4) is 0 Å². The van der Waals surface area contributed by atoms with Gasteiger partial charge in [0.2, 0.25) is 0 Å². The summed E-state index contributed by atoms with van der Waals surface area (Å²) in [6, 6.07) is 29.1. The number of benzene rings is 3. The highest BCUT2D eigenvalue weighted by Gasteiger charge is 2.18. The lowest BCUT2D eigenvalue weighted by molar-refractivity contribution is 0.104. The van der Waals surface area contributed by atoms with Crippen LogP contribution in [0.2, 0.25) is 0 Å². The first-order chi connectivity index (χ1) is 16.8. The molecule has 0 N–H and O–H groups in total. The quantitative estimate of drug-likeness (QED) is 0.284. The molecule has 3 aromatic carbocycles. The molecule has 0 amide bonds. The molecule has 0 saturated carbocycles. The van der Waals surface area contributed by atoms with Crippen LogP contribution in [0.5, 0.6) is 5.75 Å². The Morgan fingerprint density at radius 3 is 2.41 bits per heavy atom. The van der Waals surface area contributed by atoms with Gasteiger partial charge in [-0.1, -0.05) is 66.7 Å². The SMILES string of the molecule is COc1ccc(-c2ccccc2-n2nc(COCc3ccccc3)cc2C2=CCCCC2)cc1. The van der Waals surface area contributed by atoms with Crippen LogP contribution >= 0.6 is 0 Å². The highest BCUT2D eigenvalue weighted by molar-refractivity contribution is 5.75. The van der Waals surface area contributed by atoms with Gasteiger partial charge in [-0.15, -0.1) is 0 Å². The fourth-order valence-electron chi connectivity index (χ4n) is 4.50. The minimum atomic E-state index is 0.479. The molecule has 5 rings (SSSR count). The lowest BCUT2D eigenvalue weighted by atomic mass is 9.96. The third-order valence-electron chi connectivity index (χ3n) is 6.27. The molecule has 1 aliphatic rings. The van der Waals surface area contributed by atoms with Gasteiger partial charge in [-0.3, -0.25) is 0 Å². The lowest BCUT2D eigenvalue weighted by Crippen LogP contribution is -2.05. The summed E-state index contributed by atoms with van der Waals surface area (Å²) in [4.78, 5) is 0. The first kappa shape index (κ1) is 22.2. The molecule has 0 radical (unpaired) electrons. The maximum atomic E-state index is 6.03. The number of allylic oxidation sites excluding steroid dienone is 2. The molecular weight excluding hydrogens is 420 g/mol. The summed E-state index contributed by atoms with van der Waals surface area (Å²) in [7, 11) is 1.69. The number of hydrogen-bond donors (Lipinski definition) is 0. The van der Waals surface area contributed by atoms with Gasteiger partial charge in [-0.05, 0) is 66.6 Å². The van der Waals surface area contributed by atoms with E-state index < -0.39 is 0 Å². The summed E-state index contributed by atoms with van der Waals surface area (Å²) in [6.07, 6.45) is 7.06. The first-order valence-corrected chi connectivity index (χ1v) is 12.0. The highest BCUT2D eigenvalue weighted by Crippen LogP contribution is 2.33. The van der Waals surface area contributed by atoms with Crippen LogP contribution in [0.4, 0.5) is 0 Å². The second-order valence-corrected chi connectivity index (χ2v) is 8.63. The standard InChI is InChI=1S/C30H30N2O2/c1-33-27-18-16-24(17-19-27)28-14-8-9-15-29(28)32-30(25-12-6-3-7-13-25)20-26(31-32)22-34-21-23-10-4-2-5-11-23/h2,4-5,8-12,14-20H,3,6-7,13,21-22H2,1H3. The third-order valence-corrected chi connectivity index (χ3v) is 6.27. The maximum Gasteiger partial charge on any atom is 0.118 e. The van der Waals surface area contributed by atoms with E-state index in [-0.39, 0.29) is 0 Å². The van der Waals surface area contributed by atoms with Crippen LogP contribution in [0.1, 0.15) is 42.6 Å². The number of para-hydroxylation sites is 1. The van der Waals surface area contributed by atoms with Crippen molar-refractivity contribution >= 4 is 5.57 Å². The Bertz CT molecular complexity index is 1260. The molecule has 172 valence electrons. The van der Waals surface area contributed by atoms with Gasteiger partial charge in [0, 0.05) is 5.56 Å². The smallest absolute Gasteiger partial charge is 0.118 e. The van der Waals surface area contributed by atoms with E-state index in [9.17, 15) is 0 Å². The van der Waals surface area contributed by atoms with Crippen LogP contribution in [0.15, 0.2) is 91.0 Å². The van der Waals surface area contributed by atoms with Crippen molar-refractivity contribution in [2.75, 3.05) is 7.11 Å². The Morgan fingerprint density at radius 1 is 0.853 bits per heavy atom. The summed E-state index contributed by atoms with van der Waals surface area (Å²) < 4.78 is 13.5. The van der Waals surface area contributed by atoms with Gasteiger partial charge in [0.25, 0.3) is 0 Å². The predicted molar refractivity (Wildman–Crippen MR) is 137 cm³/mol. The molecule has 0 spiro atoms. The van der Waals surface area contributed by atoms with Crippen molar-refractivity contribution in [1.82, 2.24) is 9.78 Å². The molecule has 1 heterocycles. The van der Waals surface area contributed by atoms with E-state index in [1.54, 1.807) is 7.11 Å². The molecule has 34 heavy (non-hydrogen) atoms. The Labute approximate surface area is 201 Å². The van der Waals surface area contributed by atoms with Gasteiger partial charge in [0.1, 0.15) is 5.75 Å². The number of rotatable bonds is 8. The van der Waals surface area contributed by atoms with Crippen molar-refractivity contribution in [2.24, 2.45) is 0 Å². The molecule has 0 bridgehead atoms. The fraction of sp³-hybridized carbons (Fsp3) is 0.233. The summed E-state index contributed by atoms with van der Waals surface area (Å²) >= 11 is 0. The van der Waals surface area contributed by atoms with Crippen molar-refractivity contribution in [3.05, 3.63) is 108 Å². The molecular formula is C30H30N2O2. The zero-order valence-corrected chi connectivity index (χ0v) is 19.6. The second-order valence-electron chi connectivity index (χ2n) is 8.63. The van der Waals surface area contributed by atoms with E-state index in [2.05, 4.69) is 65.4 Å². The van der Waals surface area contributed by atoms with E-state index >= 15 is 0 Å². The van der Waals surface area contributed by atoms with Gasteiger partial charge in [-0.25, -0.2) is 4.68 Å². The summed E-state index contributed by atoms with van der Waals surface area (Å²) in [5.41, 5.74) is 8.00. The Kier molecular flexibility index (Phi) is 6.87. The van der Waals surface area contributed by atoms with Crippen molar-refractivity contribution < 1.29 is 9.47 Å². The summed E-state index contributed by atoms with van der Waals surface area (Å²) in [6.45, 7) is 1.06. The molecule has 0 atom stereocenters. The number of methoxy groups -OCH3 is 1. The Balaban J connectivity index is 1.49. The van der Waals surface area contributed by atoms with Crippen LogP contribution in [-0.4, -0.2) is 16.9 Å². The van der Waals surface area contributed by atoms with Crippen molar-refractivity contribution in [3.8, 4) is 22.6 Å². The van der Waals surface area contributed by atoms with Gasteiger partial charge >= 0.3 is 0 Å². The molecule has 4 nitrogen and oxygen atoms in total. The molecule has 1 aromatic heterocycles. The average Bonchev–Trinajstić information content (AvgIpc) is 3.34. The van der Waals surface area contributed by atoms with E-state index in [0.717, 1.165) is 41.1 Å². The van der Waals surface area contributed by atoms with Crippen LogP contribution in [0.25, 0.3) is 22.4 Å². The number of ether oxygens (including phenoxy) is 2. The molecule has 0 aliphatic heterocycles. The molecule has 0 saturated heterocycles. The number of nitrogens with zero attached hydrogens (tertiary/aromatic N) is 2. The first-order valence-electron chi connectivity index (χ1n) is 12.0. The summed E-state index contributed by atoms with van der Waals surface area (Å²) in [5.74, 6) is 0.853. The van der Waals surface area contributed by atoms with Gasteiger partial charge in [-0.2, -0.15) is 5.10 Å². The minimum absolute atomic E-state index is 0.479. The van der Waals surface area contributed by atoms with Gasteiger partial charge < -0.3 is 9.47 Å². The zero-order valence-electron chi connectivity index (χ0n) is 19.6. The number of aromatic nitrogens is 2. The molecule has 4 heteroatoms. The highest BCUT2D eigenvalue weighted by atomic mass is 16.5. The Hall–Kier alpha value is -3.63. The largest absolute Gasteiger partial charge is 0.497 e. The van der Waals surface area contributed by atoms with Crippen LogP contribution in [0, 0.1) is 0 Å². The lowest BCUT2D eigenvalue weighted by Gasteiger charge is -2.17. The summed E-state index contributed by atoms with van der Waals surface area (Å²) in [5, 5.41) is 5.03. The minimum Gasteiger partial charge on any atom is -0.497 e. The van der Waals surface area contributed by atoms with E-state index in [0.29, 0.717) is 13.2 Å². The Morgan fingerprint density at radius 2 is 1.65 bits per heavy atom.